The first-order valence-electron chi connectivity index (χ1n) is 7.07. The maximum Gasteiger partial charge on any atom is 0.223 e. The van der Waals surface area contributed by atoms with Crippen molar-refractivity contribution >= 4 is 21.8 Å². The molecule has 1 aliphatic rings. The molecule has 2 N–H and O–H groups in total. The van der Waals surface area contributed by atoms with Crippen LogP contribution in [-0.4, -0.2) is 32.7 Å². The summed E-state index contributed by atoms with van der Waals surface area (Å²) < 4.78 is 11.9. The van der Waals surface area contributed by atoms with Gasteiger partial charge in [-0.1, -0.05) is 0 Å². The van der Waals surface area contributed by atoms with Gasteiger partial charge in [0.2, 0.25) is 5.91 Å². The molecule has 0 aromatic heterocycles. The van der Waals surface area contributed by atoms with Crippen molar-refractivity contribution in [3.63, 3.8) is 0 Å². The van der Waals surface area contributed by atoms with E-state index in [1.165, 1.54) is 12.8 Å². The topological polar surface area (TPSA) is 59.6 Å². The third-order valence-electron chi connectivity index (χ3n) is 3.32. The van der Waals surface area contributed by atoms with E-state index in [1.54, 1.807) is 14.2 Å². The number of nitrogens with one attached hydrogen (secondary N) is 2. The Morgan fingerprint density at radius 1 is 1.43 bits per heavy atom. The lowest BCUT2D eigenvalue weighted by Gasteiger charge is -2.14. The molecular weight excluding hydrogens is 336 g/mol. The highest BCUT2D eigenvalue weighted by Crippen LogP contribution is 2.37. The van der Waals surface area contributed by atoms with E-state index in [9.17, 15) is 4.79 Å². The number of hydrogen-bond donors (Lipinski definition) is 2. The maximum absolute atomic E-state index is 11.2. The van der Waals surface area contributed by atoms with Crippen LogP contribution in [0.2, 0.25) is 0 Å². The molecule has 0 spiro atoms. The molecule has 0 unspecified atom stereocenters. The zero-order chi connectivity index (χ0) is 15.2. The first kappa shape index (κ1) is 16.1. The van der Waals surface area contributed by atoms with Crippen LogP contribution in [0.25, 0.3) is 0 Å². The van der Waals surface area contributed by atoms with Crippen LogP contribution in [-0.2, 0) is 11.3 Å². The van der Waals surface area contributed by atoms with E-state index >= 15 is 0 Å². The molecule has 1 aromatic carbocycles. The predicted octanol–water partition coefficient (Wildman–Crippen LogP) is 2.22. The van der Waals surface area contributed by atoms with Crippen LogP contribution in [0.15, 0.2) is 16.6 Å². The Bertz CT molecular complexity index is 504. The number of carbonyl (C=O) groups is 1. The van der Waals surface area contributed by atoms with Crippen molar-refractivity contribution in [2.75, 3.05) is 20.8 Å². The summed E-state index contributed by atoms with van der Waals surface area (Å²) in [5, 5.41) is 6.03. The summed E-state index contributed by atoms with van der Waals surface area (Å²) in [4.78, 5) is 11.2. The molecule has 5 nitrogen and oxygen atoms in total. The maximum atomic E-state index is 11.2. The fourth-order valence-corrected chi connectivity index (χ4v) is 2.54. The Hall–Kier alpha value is -1.27. The number of rotatable bonds is 8. The molecule has 116 valence electrons. The summed E-state index contributed by atoms with van der Waals surface area (Å²) >= 11 is 3.51. The van der Waals surface area contributed by atoms with Gasteiger partial charge in [-0.05, 0) is 46.5 Å². The van der Waals surface area contributed by atoms with E-state index < -0.39 is 0 Å². The number of hydrogen-bond acceptors (Lipinski definition) is 4. The van der Waals surface area contributed by atoms with E-state index in [4.69, 9.17) is 9.47 Å². The van der Waals surface area contributed by atoms with Crippen molar-refractivity contribution in [2.45, 2.75) is 31.8 Å². The van der Waals surface area contributed by atoms with Gasteiger partial charge in [0.15, 0.2) is 11.5 Å². The number of amides is 1. The average Bonchev–Trinajstić information content (AvgIpc) is 3.30. The molecule has 0 bridgehead atoms. The minimum Gasteiger partial charge on any atom is -0.493 e. The molecule has 1 amide bonds. The van der Waals surface area contributed by atoms with E-state index in [2.05, 4.69) is 26.6 Å². The number of halogens is 1. The van der Waals surface area contributed by atoms with E-state index in [-0.39, 0.29) is 5.91 Å². The van der Waals surface area contributed by atoms with Crippen molar-refractivity contribution < 1.29 is 14.3 Å². The molecule has 0 radical (unpaired) electrons. The molecule has 0 aliphatic heterocycles. The Morgan fingerprint density at radius 2 is 2.19 bits per heavy atom. The molecular formula is C15H21BrN2O3. The van der Waals surface area contributed by atoms with E-state index in [1.807, 2.05) is 12.1 Å². The normalized spacial score (nSPS) is 13.9. The Morgan fingerprint density at radius 3 is 2.81 bits per heavy atom. The van der Waals surface area contributed by atoms with Crippen molar-refractivity contribution in [1.29, 1.82) is 0 Å². The Balaban J connectivity index is 1.99. The second-order valence-corrected chi connectivity index (χ2v) is 5.89. The lowest BCUT2D eigenvalue weighted by atomic mass is 10.2. The Labute approximate surface area is 133 Å². The molecule has 0 atom stereocenters. The lowest BCUT2D eigenvalue weighted by Crippen LogP contribution is -2.20. The van der Waals surface area contributed by atoms with E-state index in [0.717, 1.165) is 16.6 Å². The van der Waals surface area contributed by atoms with Crippen LogP contribution in [0.4, 0.5) is 0 Å². The summed E-state index contributed by atoms with van der Waals surface area (Å²) in [6, 6.07) is 4.65. The van der Waals surface area contributed by atoms with Crippen LogP contribution < -0.4 is 20.1 Å². The summed E-state index contributed by atoms with van der Waals surface area (Å²) in [5.41, 5.74) is 1.14. The first-order valence-corrected chi connectivity index (χ1v) is 7.86. The van der Waals surface area contributed by atoms with Gasteiger partial charge in [-0.2, -0.15) is 0 Å². The lowest BCUT2D eigenvalue weighted by molar-refractivity contribution is -0.121. The highest BCUT2D eigenvalue weighted by molar-refractivity contribution is 9.10. The summed E-state index contributed by atoms with van der Waals surface area (Å²) in [7, 11) is 3.23. The second kappa shape index (κ2) is 7.66. The summed E-state index contributed by atoms with van der Waals surface area (Å²) in [6.45, 7) is 1.13. The largest absolute Gasteiger partial charge is 0.493 e. The van der Waals surface area contributed by atoms with Gasteiger partial charge in [-0.3, -0.25) is 4.79 Å². The summed E-state index contributed by atoms with van der Waals surface area (Å²) in [6.07, 6.45) is 2.84. The van der Waals surface area contributed by atoms with Gasteiger partial charge in [0, 0.05) is 19.6 Å². The predicted molar refractivity (Wildman–Crippen MR) is 84.7 cm³/mol. The average molecular weight is 357 g/mol. The molecule has 2 rings (SSSR count). The molecule has 1 fully saturated rings. The second-order valence-electron chi connectivity index (χ2n) is 5.04. The zero-order valence-electron chi connectivity index (χ0n) is 12.4. The molecule has 21 heavy (non-hydrogen) atoms. The minimum atomic E-state index is -0.0460. The number of methoxy groups -OCH3 is 1. The van der Waals surface area contributed by atoms with Gasteiger partial charge < -0.3 is 20.1 Å². The monoisotopic (exact) mass is 356 g/mol. The van der Waals surface area contributed by atoms with Gasteiger partial charge in [0.1, 0.15) is 0 Å². The molecule has 1 saturated carbocycles. The van der Waals surface area contributed by atoms with Crippen LogP contribution in [0.5, 0.6) is 11.5 Å². The first-order chi connectivity index (χ1) is 10.1. The zero-order valence-corrected chi connectivity index (χ0v) is 14.0. The molecule has 1 aliphatic carbocycles. The SMILES string of the molecule is CNC(=O)CCOc1c(Br)cc(CNC2CC2)cc1OC. The van der Waals surface area contributed by atoms with Gasteiger partial charge in [0.25, 0.3) is 0 Å². The van der Waals surface area contributed by atoms with Crippen molar-refractivity contribution in [3.05, 3.63) is 22.2 Å². The third kappa shape index (κ3) is 4.89. The number of carbonyl (C=O) groups excluding carboxylic acids is 1. The van der Waals surface area contributed by atoms with Gasteiger partial charge in [-0.15, -0.1) is 0 Å². The number of benzene rings is 1. The molecule has 6 heteroatoms. The summed E-state index contributed by atoms with van der Waals surface area (Å²) in [5.74, 6) is 1.26. The standard InChI is InChI=1S/C15H21BrN2O3/c1-17-14(19)5-6-21-15-12(16)7-10(8-13(15)20-2)9-18-11-3-4-11/h7-8,11,18H,3-6,9H2,1-2H3,(H,17,19). The highest BCUT2D eigenvalue weighted by atomic mass is 79.9. The van der Waals surface area contributed by atoms with Crippen molar-refractivity contribution in [1.82, 2.24) is 10.6 Å². The van der Waals surface area contributed by atoms with Gasteiger partial charge in [0.05, 0.1) is 24.6 Å². The Kier molecular flexibility index (Phi) is 5.87. The quantitative estimate of drug-likeness (QED) is 0.749. The van der Waals surface area contributed by atoms with Crippen LogP contribution in [0.1, 0.15) is 24.8 Å². The molecule has 0 heterocycles. The van der Waals surface area contributed by atoms with Gasteiger partial charge in [-0.25, -0.2) is 0 Å². The van der Waals surface area contributed by atoms with Crippen LogP contribution in [0, 0.1) is 0 Å². The fourth-order valence-electron chi connectivity index (χ4n) is 1.94. The smallest absolute Gasteiger partial charge is 0.223 e. The van der Waals surface area contributed by atoms with Gasteiger partial charge >= 0.3 is 0 Å². The third-order valence-corrected chi connectivity index (χ3v) is 3.90. The molecule has 1 aromatic rings. The van der Waals surface area contributed by atoms with E-state index in [0.29, 0.717) is 30.6 Å². The van der Waals surface area contributed by atoms with Crippen LogP contribution >= 0.6 is 15.9 Å². The highest BCUT2D eigenvalue weighted by Gasteiger charge is 2.20. The number of ether oxygens (including phenoxy) is 2. The van der Waals surface area contributed by atoms with Crippen molar-refractivity contribution in [2.24, 2.45) is 0 Å². The fraction of sp³-hybridized carbons (Fsp3) is 0.533. The van der Waals surface area contributed by atoms with Crippen molar-refractivity contribution in [3.8, 4) is 11.5 Å². The minimum absolute atomic E-state index is 0.0460. The van der Waals surface area contributed by atoms with Crippen LogP contribution in [0.3, 0.4) is 0 Å². The molecule has 0 saturated heterocycles.